The number of aromatic nitrogens is 1. The molecule has 0 spiro atoms. The van der Waals surface area contributed by atoms with Crippen LogP contribution in [0.2, 0.25) is 0 Å². The first-order valence-corrected chi connectivity index (χ1v) is 48.7. The molecule has 8 heteroatoms. The number of para-hydroxylation sites is 3. The summed E-state index contributed by atoms with van der Waals surface area (Å²) in [7, 11) is 0. The molecule has 0 aliphatic rings. The summed E-state index contributed by atoms with van der Waals surface area (Å²) in [6.45, 7) is 0. The van der Waals surface area contributed by atoms with E-state index in [-0.39, 0.29) is 0 Å². The van der Waals surface area contributed by atoms with Crippen LogP contribution in [0, 0.1) is 0 Å². The van der Waals surface area contributed by atoms with Crippen LogP contribution >= 0.6 is 34.0 Å². The average Bonchev–Trinajstić information content (AvgIpc) is 1.57. The summed E-state index contributed by atoms with van der Waals surface area (Å²) in [6, 6.07) is 188. The molecular weight excluding hydrogens is 1700 g/mol. The van der Waals surface area contributed by atoms with Crippen molar-refractivity contribution in [1.82, 2.24) is 4.57 Å². The van der Waals surface area contributed by atoms with Crippen LogP contribution in [0.15, 0.2) is 516 Å². The molecule has 26 rings (SSSR count). The molecule has 0 aliphatic heterocycles. The molecule has 0 amide bonds. The van der Waals surface area contributed by atoms with Crippen molar-refractivity contribution >= 4 is 206 Å². The van der Waals surface area contributed by atoms with Crippen molar-refractivity contribution in [2.75, 3.05) is 19.6 Å². The van der Waals surface area contributed by atoms with Gasteiger partial charge in [0.2, 0.25) is 0 Å². The summed E-state index contributed by atoms with van der Waals surface area (Å²) in [5, 5.41) is 15.3. The second kappa shape index (κ2) is 35.0. The highest BCUT2D eigenvalue weighted by atomic mass is 32.1. The number of thiophene rings is 3. The maximum atomic E-state index is 2.46. The summed E-state index contributed by atoms with van der Waals surface area (Å²) in [4.78, 5) is 9.42. The Balaban J connectivity index is 0.000000146. The SMILES string of the molecule is c1ccc(-c2ccc(N(c3ccc(-c4ccc(N(c5ccccc5)c5ccc6c(c5)c5ccc7ccccc7c5n6-c5ccc6ccccc6c5)cc4)cc3)c3ccc4c(c3)sc3ccccc34)cc2)cc1.c1ccc(N(c2ccc(-c3ccc(N(c4ccccc4)c4ccc(-c5cccc6c5sc5ccccc56)cc4)cc3)cc2)c2ccc(-c3cccc4c3sc3ccccc34)cc2)cc1. The minimum atomic E-state index is 1.09. The van der Waals surface area contributed by atoms with E-state index < -0.39 is 0 Å². The van der Waals surface area contributed by atoms with Crippen molar-refractivity contribution in [3.8, 4) is 61.3 Å². The molecule has 0 bridgehead atoms. The Bertz CT molecular complexity index is 8680. The standard InChI is InChI=1S/C68H45N3S.C60H40N2S2/c1-3-13-46(14-4-1)48-23-31-55(32-24-48)70(59-38-41-62-61-21-11-12-22-66(61)72-67(62)45-59)56-35-27-50(28-36-56)49-25-33-54(34-26-49)69(53-18-5-2-6-19-53)58-39-42-65-64(44-58)63-40-30-51-16-9-10-20-60(51)68(63)71(65)57-37-29-47-15-7-8-17-52(47)43-57;1-3-13-45(14-4-1)61(49-37-29-43(30-38-49)51-19-11-21-55-53-17-7-9-23-57(53)63-59(51)55)47-33-25-41(26-34-47)42-27-35-48(36-28-42)62(46-15-5-2-6-16-46)50-39-31-44(32-40-50)52-20-12-22-56-54-18-8-10-24-58(54)64-60(52)56/h1-45H;1-40H. The molecule has 0 saturated heterocycles. The minimum Gasteiger partial charge on any atom is -0.311 e. The van der Waals surface area contributed by atoms with Gasteiger partial charge in [-0.3, -0.25) is 0 Å². The predicted octanol–water partition coefficient (Wildman–Crippen LogP) is 38.1. The van der Waals surface area contributed by atoms with E-state index in [0.717, 1.165) is 85.1 Å². The molecule has 0 saturated carbocycles. The Hall–Kier alpha value is -17.0. The van der Waals surface area contributed by atoms with Gasteiger partial charge in [0.1, 0.15) is 0 Å². The van der Waals surface area contributed by atoms with E-state index in [2.05, 4.69) is 540 Å². The second-order valence-electron chi connectivity index (χ2n) is 34.6. The lowest BCUT2D eigenvalue weighted by atomic mass is 10.0. The molecule has 136 heavy (non-hydrogen) atoms. The Morgan fingerprint density at radius 2 is 0.456 bits per heavy atom. The van der Waals surface area contributed by atoms with Crippen molar-refractivity contribution in [3.05, 3.63) is 516 Å². The Morgan fingerprint density at radius 1 is 0.154 bits per heavy atom. The van der Waals surface area contributed by atoms with Gasteiger partial charge in [0.15, 0.2) is 0 Å². The van der Waals surface area contributed by atoms with Crippen molar-refractivity contribution < 1.29 is 0 Å². The molecule has 4 aromatic heterocycles. The molecule has 0 N–H and O–H groups in total. The molecule has 0 aliphatic carbocycles. The second-order valence-corrected chi connectivity index (χ2v) is 37.8. The van der Waals surface area contributed by atoms with Crippen molar-refractivity contribution in [1.29, 1.82) is 0 Å². The molecule has 640 valence electrons. The third-order valence-electron chi connectivity index (χ3n) is 26.6. The first kappa shape index (κ1) is 81.0. The third kappa shape index (κ3) is 15.0. The van der Waals surface area contributed by atoms with Crippen molar-refractivity contribution in [2.24, 2.45) is 0 Å². The molecule has 26 aromatic rings. The lowest BCUT2D eigenvalue weighted by Crippen LogP contribution is -2.10. The van der Waals surface area contributed by atoms with Crippen LogP contribution in [0.3, 0.4) is 0 Å². The largest absolute Gasteiger partial charge is 0.311 e. The van der Waals surface area contributed by atoms with E-state index in [1.54, 1.807) is 0 Å². The number of rotatable bonds is 18. The molecule has 0 fully saturated rings. The highest BCUT2D eigenvalue weighted by Gasteiger charge is 2.24. The third-order valence-corrected chi connectivity index (χ3v) is 30.2. The Labute approximate surface area is 800 Å². The molecule has 22 aromatic carbocycles. The number of nitrogens with zero attached hydrogens (tertiary/aromatic N) is 5. The predicted molar refractivity (Wildman–Crippen MR) is 587 cm³/mol. The maximum Gasteiger partial charge on any atom is 0.0619 e. The normalized spacial score (nSPS) is 11.5. The first-order valence-electron chi connectivity index (χ1n) is 46.2. The van der Waals surface area contributed by atoms with Crippen LogP contribution in [0.1, 0.15) is 0 Å². The van der Waals surface area contributed by atoms with Crippen LogP contribution < -0.4 is 19.6 Å². The van der Waals surface area contributed by atoms with Gasteiger partial charge in [-0.2, -0.15) is 0 Å². The van der Waals surface area contributed by atoms with Crippen LogP contribution in [0.25, 0.3) is 165 Å². The lowest BCUT2D eigenvalue weighted by molar-refractivity contribution is 1.19. The number of hydrogen-bond acceptors (Lipinski definition) is 7. The maximum absolute atomic E-state index is 2.46. The smallest absolute Gasteiger partial charge is 0.0619 e. The lowest BCUT2D eigenvalue weighted by Gasteiger charge is -2.26. The first-order chi connectivity index (χ1) is 67.4. The summed E-state index contributed by atoms with van der Waals surface area (Å²) in [6.07, 6.45) is 0. The van der Waals surface area contributed by atoms with Gasteiger partial charge in [-0.25, -0.2) is 0 Å². The van der Waals surface area contributed by atoms with Gasteiger partial charge < -0.3 is 24.2 Å². The zero-order chi connectivity index (χ0) is 89.9. The fourth-order valence-electron chi connectivity index (χ4n) is 20.0. The van der Waals surface area contributed by atoms with Gasteiger partial charge in [-0.05, 0) is 254 Å². The van der Waals surface area contributed by atoms with Gasteiger partial charge in [-0.15, -0.1) is 34.0 Å². The Kier molecular flexibility index (Phi) is 20.8. The van der Waals surface area contributed by atoms with E-state index >= 15 is 0 Å². The topological polar surface area (TPSA) is 17.9 Å². The van der Waals surface area contributed by atoms with E-state index in [9.17, 15) is 0 Å². The zero-order valence-corrected chi connectivity index (χ0v) is 76.5. The fourth-order valence-corrected chi connectivity index (χ4v) is 23.7. The number of benzene rings is 22. The number of anilines is 12. The van der Waals surface area contributed by atoms with Gasteiger partial charge in [0.05, 0.1) is 11.0 Å². The van der Waals surface area contributed by atoms with Crippen molar-refractivity contribution in [2.45, 2.75) is 0 Å². The molecule has 0 radical (unpaired) electrons. The van der Waals surface area contributed by atoms with Gasteiger partial charge in [0.25, 0.3) is 0 Å². The highest BCUT2D eigenvalue weighted by molar-refractivity contribution is 7.27. The Morgan fingerprint density at radius 3 is 0.904 bits per heavy atom. The summed E-state index contributed by atoms with van der Waals surface area (Å²) >= 11 is 5.60. The fraction of sp³-hybridized carbons (Fsp3) is 0. The molecule has 5 nitrogen and oxygen atoms in total. The van der Waals surface area contributed by atoms with Crippen LogP contribution in [0.5, 0.6) is 0 Å². The van der Waals surface area contributed by atoms with Crippen molar-refractivity contribution in [3.63, 3.8) is 0 Å². The van der Waals surface area contributed by atoms with Crippen LogP contribution in [-0.4, -0.2) is 4.57 Å². The van der Waals surface area contributed by atoms with Gasteiger partial charge in [-0.1, -0.05) is 334 Å². The van der Waals surface area contributed by atoms with E-state index in [0.29, 0.717) is 0 Å². The van der Waals surface area contributed by atoms with E-state index in [4.69, 9.17) is 0 Å². The number of fused-ring (bicyclic) bond motifs is 15. The summed E-state index contributed by atoms with van der Waals surface area (Å²) < 4.78 is 10.4. The van der Waals surface area contributed by atoms with Crippen LogP contribution in [0.4, 0.5) is 68.2 Å². The summed E-state index contributed by atoms with van der Waals surface area (Å²) in [5.41, 5.74) is 28.9. The van der Waals surface area contributed by atoms with E-state index in [1.807, 2.05) is 34.0 Å². The quantitative estimate of drug-likeness (QED) is 0.0852. The number of hydrogen-bond donors (Lipinski definition) is 0. The molecular formula is C128H85N5S3. The molecule has 0 atom stereocenters. The van der Waals surface area contributed by atoms with E-state index in [1.165, 1.54) is 148 Å². The van der Waals surface area contributed by atoms with Crippen LogP contribution in [-0.2, 0) is 0 Å². The highest BCUT2D eigenvalue weighted by Crippen LogP contribution is 2.49. The summed E-state index contributed by atoms with van der Waals surface area (Å²) in [5.74, 6) is 0. The zero-order valence-electron chi connectivity index (χ0n) is 74.0. The van der Waals surface area contributed by atoms with Gasteiger partial charge in [0, 0.05) is 151 Å². The average molecular weight is 1790 g/mol. The monoisotopic (exact) mass is 1790 g/mol. The van der Waals surface area contributed by atoms with Gasteiger partial charge >= 0.3 is 0 Å². The minimum absolute atomic E-state index is 1.09. The molecule has 4 heterocycles. The molecule has 0 unspecified atom stereocenters.